The summed E-state index contributed by atoms with van der Waals surface area (Å²) in [4.78, 5) is 3.75. The first-order valence-electron chi connectivity index (χ1n) is 6.80. The molecule has 0 amide bonds. The highest BCUT2D eigenvalue weighted by Crippen LogP contribution is 2.33. The highest BCUT2D eigenvalue weighted by atomic mass is 19.1. The average Bonchev–Trinajstić information content (AvgIpc) is 2.48. The number of hydrogen-bond acceptors (Lipinski definition) is 3. The van der Waals surface area contributed by atoms with Gasteiger partial charge in [-0.25, -0.2) is 4.39 Å². The predicted octanol–water partition coefficient (Wildman–Crippen LogP) is 2.92. The number of halogens is 1. The summed E-state index contributed by atoms with van der Waals surface area (Å²) in [5.74, 6) is -0.357. The number of nitrogens with two attached hydrogens (primary N) is 1. The molecule has 2 atom stereocenters. The molecule has 1 aliphatic heterocycles. The van der Waals surface area contributed by atoms with Crippen molar-refractivity contribution in [3.05, 3.63) is 65.2 Å². The molecule has 3 rings (SSSR count). The Kier molecular flexibility index (Phi) is 3.76. The van der Waals surface area contributed by atoms with Crippen molar-refractivity contribution in [1.82, 2.24) is 4.98 Å². The fourth-order valence-electron chi connectivity index (χ4n) is 2.72. The number of nitrogens with zero attached hydrogens (tertiary/aromatic N) is 1. The molecule has 0 saturated carbocycles. The van der Waals surface area contributed by atoms with E-state index in [1.54, 1.807) is 12.3 Å². The molecular formula is C16H17FN2O. The Morgan fingerprint density at radius 2 is 2.20 bits per heavy atom. The SMILES string of the molecule is NC(CC1OCCc2ccccc21)c1ccncc1F. The van der Waals surface area contributed by atoms with E-state index in [1.165, 1.54) is 17.3 Å². The van der Waals surface area contributed by atoms with Gasteiger partial charge >= 0.3 is 0 Å². The summed E-state index contributed by atoms with van der Waals surface area (Å²) in [6.07, 6.45) is 4.19. The van der Waals surface area contributed by atoms with Gasteiger partial charge in [-0.1, -0.05) is 24.3 Å². The summed E-state index contributed by atoms with van der Waals surface area (Å²) in [6, 6.07) is 9.45. The zero-order chi connectivity index (χ0) is 13.9. The van der Waals surface area contributed by atoms with E-state index >= 15 is 0 Å². The van der Waals surface area contributed by atoms with Crippen molar-refractivity contribution in [2.75, 3.05) is 6.61 Å². The van der Waals surface area contributed by atoms with E-state index in [4.69, 9.17) is 10.5 Å². The topological polar surface area (TPSA) is 48.1 Å². The van der Waals surface area contributed by atoms with E-state index in [-0.39, 0.29) is 11.9 Å². The van der Waals surface area contributed by atoms with Crippen LogP contribution in [-0.2, 0) is 11.2 Å². The van der Waals surface area contributed by atoms with Crippen LogP contribution in [0.2, 0.25) is 0 Å². The second-order valence-corrected chi connectivity index (χ2v) is 5.05. The van der Waals surface area contributed by atoms with E-state index in [2.05, 4.69) is 17.1 Å². The number of hydrogen-bond donors (Lipinski definition) is 1. The number of fused-ring (bicyclic) bond motifs is 1. The Balaban J connectivity index is 1.81. The van der Waals surface area contributed by atoms with Gasteiger partial charge in [-0.2, -0.15) is 0 Å². The van der Waals surface area contributed by atoms with Gasteiger partial charge in [-0.3, -0.25) is 4.98 Å². The number of ether oxygens (including phenoxy) is 1. The molecule has 2 heterocycles. The maximum absolute atomic E-state index is 13.7. The fraction of sp³-hybridized carbons (Fsp3) is 0.312. The Morgan fingerprint density at radius 3 is 3.05 bits per heavy atom. The molecule has 4 heteroatoms. The lowest BCUT2D eigenvalue weighted by atomic mass is 9.92. The fourth-order valence-corrected chi connectivity index (χ4v) is 2.72. The molecule has 0 spiro atoms. The average molecular weight is 272 g/mol. The third-order valence-electron chi connectivity index (χ3n) is 3.76. The quantitative estimate of drug-likeness (QED) is 0.934. The first kappa shape index (κ1) is 13.2. The number of pyridine rings is 1. The molecular weight excluding hydrogens is 255 g/mol. The lowest BCUT2D eigenvalue weighted by Crippen LogP contribution is -2.22. The standard InChI is InChI=1S/C16H17FN2O/c17-14-10-19-7-5-13(14)15(18)9-16-12-4-2-1-3-11(12)6-8-20-16/h1-5,7,10,15-16H,6,8-9,18H2. The molecule has 2 N–H and O–H groups in total. The third kappa shape index (κ3) is 2.57. The lowest BCUT2D eigenvalue weighted by molar-refractivity contribution is 0.0318. The van der Waals surface area contributed by atoms with Crippen molar-refractivity contribution in [2.45, 2.75) is 25.0 Å². The molecule has 0 saturated heterocycles. The highest BCUT2D eigenvalue weighted by Gasteiger charge is 2.24. The van der Waals surface area contributed by atoms with Crippen molar-refractivity contribution < 1.29 is 9.13 Å². The van der Waals surface area contributed by atoms with E-state index in [0.717, 1.165) is 6.42 Å². The second-order valence-electron chi connectivity index (χ2n) is 5.05. The van der Waals surface area contributed by atoms with Crippen LogP contribution in [0.25, 0.3) is 0 Å². The maximum Gasteiger partial charge on any atom is 0.146 e. The van der Waals surface area contributed by atoms with Gasteiger partial charge < -0.3 is 10.5 Å². The largest absolute Gasteiger partial charge is 0.373 e. The van der Waals surface area contributed by atoms with Gasteiger partial charge in [0.25, 0.3) is 0 Å². The van der Waals surface area contributed by atoms with Crippen LogP contribution in [-0.4, -0.2) is 11.6 Å². The number of aromatic nitrogens is 1. The van der Waals surface area contributed by atoms with Crippen molar-refractivity contribution in [2.24, 2.45) is 5.73 Å². The molecule has 3 nitrogen and oxygen atoms in total. The van der Waals surface area contributed by atoms with Crippen LogP contribution in [0.3, 0.4) is 0 Å². The normalized spacial score (nSPS) is 19.4. The van der Waals surface area contributed by atoms with Gasteiger partial charge in [-0.15, -0.1) is 0 Å². The van der Waals surface area contributed by atoms with Gasteiger partial charge in [0.05, 0.1) is 18.9 Å². The van der Waals surface area contributed by atoms with Gasteiger partial charge in [0.15, 0.2) is 0 Å². The predicted molar refractivity (Wildman–Crippen MR) is 74.6 cm³/mol. The summed E-state index contributed by atoms with van der Waals surface area (Å²) in [5, 5.41) is 0. The van der Waals surface area contributed by atoms with Crippen LogP contribution >= 0.6 is 0 Å². The summed E-state index contributed by atoms with van der Waals surface area (Å²) in [5.41, 5.74) is 9.10. The van der Waals surface area contributed by atoms with Crippen LogP contribution in [0.5, 0.6) is 0 Å². The summed E-state index contributed by atoms with van der Waals surface area (Å²) < 4.78 is 19.5. The molecule has 1 aliphatic rings. The molecule has 104 valence electrons. The van der Waals surface area contributed by atoms with Crippen molar-refractivity contribution >= 4 is 0 Å². The molecule has 0 aliphatic carbocycles. The van der Waals surface area contributed by atoms with Crippen LogP contribution < -0.4 is 5.73 Å². The molecule has 20 heavy (non-hydrogen) atoms. The van der Waals surface area contributed by atoms with Crippen LogP contribution in [0, 0.1) is 5.82 Å². The minimum Gasteiger partial charge on any atom is -0.373 e. The maximum atomic E-state index is 13.7. The first-order valence-corrected chi connectivity index (χ1v) is 6.80. The summed E-state index contributed by atoms with van der Waals surface area (Å²) >= 11 is 0. The van der Waals surface area contributed by atoms with E-state index in [9.17, 15) is 4.39 Å². The van der Waals surface area contributed by atoms with Gasteiger partial charge in [0, 0.05) is 17.8 Å². The molecule has 2 unspecified atom stereocenters. The molecule has 0 radical (unpaired) electrons. The van der Waals surface area contributed by atoms with Gasteiger partial charge in [-0.05, 0) is 30.0 Å². The second kappa shape index (κ2) is 5.69. The number of rotatable bonds is 3. The Morgan fingerprint density at radius 1 is 1.35 bits per heavy atom. The van der Waals surface area contributed by atoms with E-state index in [0.29, 0.717) is 18.6 Å². The van der Waals surface area contributed by atoms with Crippen molar-refractivity contribution in [3.63, 3.8) is 0 Å². The first-order chi connectivity index (χ1) is 9.75. The minimum absolute atomic E-state index is 0.0671. The highest BCUT2D eigenvalue weighted by molar-refractivity contribution is 5.31. The molecule has 0 bridgehead atoms. The molecule has 0 fully saturated rings. The Labute approximate surface area is 117 Å². The van der Waals surface area contributed by atoms with Crippen molar-refractivity contribution in [1.29, 1.82) is 0 Å². The number of benzene rings is 1. The summed E-state index contributed by atoms with van der Waals surface area (Å²) in [7, 11) is 0. The molecule has 2 aromatic rings. The zero-order valence-electron chi connectivity index (χ0n) is 11.1. The van der Waals surface area contributed by atoms with E-state index in [1.807, 2.05) is 12.1 Å². The van der Waals surface area contributed by atoms with E-state index < -0.39 is 6.04 Å². The summed E-state index contributed by atoms with van der Waals surface area (Å²) in [6.45, 7) is 0.688. The van der Waals surface area contributed by atoms with Gasteiger partial charge in [0.2, 0.25) is 0 Å². The smallest absolute Gasteiger partial charge is 0.146 e. The van der Waals surface area contributed by atoms with Gasteiger partial charge in [0.1, 0.15) is 5.82 Å². The Hall–Kier alpha value is -1.78. The van der Waals surface area contributed by atoms with Crippen molar-refractivity contribution in [3.8, 4) is 0 Å². The monoisotopic (exact) mass is 272 g/mol. The van der Waals surface area contributed by atoms with Crippen LogP contribution in [0.4, 0.5) is 4.39 Å². The van der Waals surface area contributed by atoms with Crippen LogP contribution in [0.1, 0.15) is 35.3 Å². The Bertz CT molecular complexity index is 603. The molecule has 1 aromatic carbocycles. The molecule has 1 aromatic heterocycles. The lowest BCUT2D eigenvalue weighted by Gasteiger charge is -2.28. The zero-order valence-corrected chi connectivity index (χ0v) is 11.1. The van der Waals surface area contributed by atoms with Crippen LogP contribution in [0.15, 0.2) is 42.7 Å². The third-order valence-corrected chi connectivity index (χ3v) is 3.76. The minimum atomic E-state index is -0.394.